The van der Waals surface area contributed by atoms with Crippen molar-refractivity contribution in [2.45, 2.75) is 30.7 Å². The topological polar surface area (TPSA) is 120 Å². The summed E-state index contributed by atoms with van der Waals surface area (Å²) in [7, 11) is 0. The fourth-order valence-corrected chi connectivity index (χ4v) is 1.82. The molecule has 0 saturated carbocycles. The van der Waals surface area contributed by atoms with Crippen molar-refractivity contribution < 1.29 is 35.0 Å². The number of ether oxygens (including phenoxy) is 2. The molecule has 7 nitrogen and oxygen atoms in total. The number of rotatable bonds is 3. The summed E-state index contributed by atoms with van der Waals surface area (Å²) in [6.45, 7) is -0.514. The zero-order valence-corrected chi connectivity index (χ0v) is 9.96. The van der Waals surface area contributed by atoms with Gasteiger partial charge in [-0.05, 0) is 24.3 Å². The van der Waals surface area contributed by atoms with Crippen molar-refractivity contribution in [1.29, 1.82) is 0 Å². The normalized spacial score (nSPS) is 35.1. The quantitative estimate of drug-likeness (QED) is 0.457. The van der Waals surface area contributed by atoms with Crippen molar-refractivity contribution >= 4 is 0 Å². The monoisotopic (exact) mass is 272 g/mol. The lowest BCUT2D eigenvalue weighted by molar-refractivity contribution is -0.277. The molecule has 7 heteroatoms. The lowest BCUT2D eigenvalue weighted by atomic mass is 9.99. The van der Waals surface area contributed by atoms with Gasteiger partial charge in [-0.2, -0.15) is 0 Å². The van der Waals surface area contributed by atoms with Crippen LogP contribution in [0, 0.1) is 0 Å². The molecule has 1 aliphatic rings. The summed E-state index contributed by atoms with van der Waals surface area (Å²) in [5.41, 5.74) is 0. The maximum Gasteiger partial charge on any atom is 0.229 e. The molecule has 0 aliphatic carbocycles. The number of aliphatic hydroxyl groups excluding tert-OH is 4. The molecule has 1 saturated heterocycles. The Labute approximate surface area is 109 Å². The van der Waals surface area contributed by atoms with Crippen LogP contribution in [0.5, 0.6) is 11.5 Å². The van der Waals surface area contributed by atoms with Crippen LogP contribution in [0.25, 0.3) is 0 Å². The molecule has 19 heavy (non-hydrogen) atoms. The molecular weight excluding hydrogens is 256 g/mol. The molecular formula is C12H16O7. The van der Waals surface area contributed by atoms with Crippen LogP contribution in [-0.4, -0.2) is 62.8 Å². The predicted octanol–water partition coefficient (Wildman–Crippen LogP) is -1.43. The van der Waals surface area contributed by atoms with Crippen LogP contribution in [-0.2, 0) is 4.74 Å². The Kier molecular flexibility index (Phi) is 4.23. The number of hydrogen-bond donors (Lipinski definition) is 5. The van der Waals surface area contributed by atoms with Crippen molar-refractivity contribution in [3.8, 4) is 11.5 Å². The molecule has 1 aliphatic heterocycles. The number of aromatic hydroxyl groups is 1. The Bertz CT molecular complexity index is 405. The third kappa shape index (κ3) is 2.96. The fraction of sp³-hybridized carbons (Fsp3) is 0.500. The van der Waals surface area contributed by atoms with Crippen LogP contribution in [0.15, 0.2) is 24.3 Å². The second-order valence-electron chi connectivity index (χ2n) is 4.31. The van der Waals surface area contributed by atoms with Crippen molar-refractivity contribution in [1.82, 2.24) is 0 Å². The zero-order chi connectivity index (χ0) is 14.0. The largest absolute Gasteiger partial charge is 0.508 e. The van der Waals surface area contributed by atoms with Crippen LogP contribution in [0.1, 0.15) is 0 Å². The highest BCUT2D eigenvalue weighted by atomic mass is 16.7. The molecule has 106 valence electrons. The first-order chi connectivity index (χ1) is 9.02. The molecule has 0 spiro atoms. The Morgan fingerprint density at radius 1 is 1.00 bits per heavy atom. The molecule has 1 aromatic rings. The molecule has 1 fully saturated rings. The summed E-state index contributed by atoms with van der Waals surface area (Å²) in [6, 6.07) is 5.69. The third-order valence-electron chi connectivity index (χ3n) is 2.94. The molecule has 5 N–H and O–H groups in total. The summed E-state index contributed by atoms with van der Waals surface area (Å²) in [5.74, 6) is 0.364. The highest BCUT2D eigenvalue weighted by Gasteiger charge is 2.44. The van der Waals surface area contributed by atoms with Gasteiger partial charge < -0.3 is 35.0 Å². The summed E-state index contributed by atoms with van der Waals surface area (Å²) in [5, 5.41) is 47.1. The van der Waals surface area contributed by atoms with E-state index in [4.69, 9.17) is 19.7 Å². The minimum absolute atomic E-state index is 0.0566. The van der Waals surface area contributed by atoms with Crippen LogP contribution in [0.4, 0.5) is 0 Å². The highest BCUT2D eigenvalue weighted by Crippen LogP contribution is 2.25. The van der Waals surface area contributed by atoms with Crippen LogP contribution in [0.2, 0.25) is 0 Å². The summed E-state index contributed by atoms with van der Waals surface area (Å²) in [4.78, 5) is 0. The average molecular weight is 272 g/mol. The van der Waals surface area contributed by atoms with Gasteiger partial charge in [-0.15, -0.1) is 0 Å². The predicted molar refractivity (Wildman–Crippen MR) is 62.5 cm³/mol. The van der Waals surface area contributed by atoms with Crippen LogP contribution in [0.3, 0.4) is 0 Å². The molecule has 0 aromatic heterocycles. The minimum Gasteiger partial charge on any atom is -0.508 e. The molecule has 5 atom stereocenters. The van der Waals surface area contributed by atoms with E-state index in [0.717, 1.165) is 0 Å². The number of phenols is 1. The lowest BCUT2D eigenvalue weighted by Gasteiger charge is -2.39. The van der Waals surface area contributed by atoms with Gasteiger partial charge in [0, 0.05) is 0 Å². The zero-order valence-electron chi connectivity index (χ0n) is 9.96. The maximum absolute atomic E-state index is 9.75. The number of benzene rings is 1. The molecule has 0 amide bonds. The van der Waals surface area contributed by atoms with Gasteiger partial charge in [0.2, 0.25) is 6.29 Å². The number of hydrogen-bond acceptors (Lipinski definition) is 7. The van der Waals surface area contributed by atoms with Gasteiger partial charge in [0.05, 0.1) is 6.61 Å². The van der Waals surface area contributed by atoms with Gasteiger partial charge >= 0.3 is 0 Å². The Morgan fingerprint density at radius 3 is 2.21 bits per heavy atom. The maximum atomic E-state index is 9.75. The molecule has 1 heterocycles. The Morgan fingerprint density at radius 2 is 1.63 bits per heavy atom. The summed E-state index contributed by atoms with van der Waals surface area (Å²) >= 11 is 0. The average Bonchev–Trinajstić information content (AvgIpc) is 2.42. The third-order valence-corrected chi connectivity index (χ3v) is 2.94. The highest BCUT2D eigenvalue weighted by molar-refractivity contribution is 5.30. The fourth-order valence-electron chi connectivity index (χ4n) is 1.82. The van der Waals surface area contributed by atoms with E-state index in [0.29, 0.717) is 5.75 Å². The van der Waals surface area contributed by atoms with Crippen molar-refractivity contribution in [2.24, 2.45) is 0 Å². The van der Waals surface area contributed by atoms with Crippen molar-refractivity contribution in [3.05, 3.63) is 24.3 Å². The molecule has 0 radical (unpaired) electrons. The Hall–Kier alpha value is -1.38. The van der Waals surface area contributed by atoms with Gasteiger partial charge in [-0.25, -0.2) is 0 Å². The van der Waals surface area contributed by atoms with E-state index in [2.05, 4.69) is 0 Å². The minimum atomic E-state index is -1.48. The smallest absolute Gasteiger partial charge is 0.229 e. The number of phenolic OH excluding ortho intramolecular Hbond substituents is 1. The lowest BCUT2D eigenvalue weighted by Crippen LogP contribution is -2.60. The van der Waals surface area contributed by atoms with E-state index in [-0.39, 0.29) is 5.75 Å². The van der Waals surface area contributed by atoms with Gasteiger partial charge in [0.15, 0.2) is 0 Å². The van der Waals surface area contributed by atoms with Gasteiger partial charge in [-0.1, -0.05) is 0 Å². The summed E-state index contributed by atoms with van der Waals surface area (Å²) in [6.07, 6.45) is -6.58. The molecule has 0 bridgehead atoms. The van der Waals surface area contributed by atoms with Gasteiger partial charge in [-0.3, -0.25) is 0 Å². The van der Waals surface area contributed by atoms with E-state index in [1.165, 1.54) is 24.3 Å². The van der Waals surface area contributed by atoms with Crippen molar-refractivity contribution in [2.75, 3.05) is 6.61 Å². The van der Waals surface area contributed by atoms with E-state index in [9.17, 15) is 15.3 Å². The SMILES string of the molecule is OC[C@H]1O[C@H](Oc2ccc(O)cc2)[C@H](O)[C@@H](O)[C@H]1O. The number of aliphatic hydroxyl groups is 4. The first-order valence-electron chi connectivity index (χ1n) is 5.79. The molecule has 2 rings (SSSR count). The standard InChI is InChI=1S/C12H16O7/c13-5-8-9(15)10(16)11(17)12(19-8)18-7-3-1-6(14)2-4-7/h1-4,8-17H,5H2/t8-,9+,10+,11-,12+/m1/s1. The second-order valence-corrected chi connectivity index (χ2v) is 4.31. The van der Waals surface area contributed by atoms with E-state index in [1.54, 1.807) is 0 Å². The first kappa shape index (κ1) is 14.0. The van der Waals surface area contributed by atoms with E-state index < -0.39 is 37.3 Å². The van der Waals surface area contributed by atoms with Gasteiger partial charge in [0.25, 0.3) is 0 Å². The van der Waals surface area contributed by atoms with E-state index >= 15 is 0 Å². The molecule has 0 unspecified atom stereocenters. The Balaban J connectivity index is 2.08. The van der Waals surface area contributed by atoms with Gasteiger partial charge in [0.1, 0.15) is 35.9 Å². The second kappa shape index (κ2) is 5.72. The van der Waals surface area contributed by atoms with Crippen LogP contribution >= 0.6 is 0 Å². The van der Waals surface area contributed by atoms with Crippen LogP contribution < -0.4 is 4.74 Å². The van der Waals surface area contributed by atoms with E-state index in [1.807, 2.05) is 0 Å². The molecule has 1 aromatic carbocycles. The summed E-state index contributed by atoms with van der Waals surface area (Å²) < 4.78 is 10.5. The first-order valence-corrected chi connectivity index (χ1v) is 5.79. The van der Waals surface area contributed by atoms with Crippen molar-refractivity contribution in [3.63, 3.8) is 0 Å².